The Morgan fingerprint density at radius 2 is 1.65 bits per heavy atom. The Morgan fingerprint density at radius 1 is 0.850 bits per heavy atom. The summed E-state index contributed by atoms with van der Waals surface area (Å²) in [6.07, 6.45) is 1.55. The summed E-state index contributed by atoms with van der Waals surface area (Å²) >= 11 is 0. The van der Waals surface area contributed by atoms with Crippen molar-refractivity contribution in [1.29, 1.82) is 0 Å². The van der Waals surface area contributed by atoms with Gasteiger partial charge >= 0.3 is 0 Å². The number of fused-ring (bicyclic) bond motifs is 1. The van der Waals surface area contributed by atoms with Crippen LogP contribution in [0.15, 0.2) is 65.7 Å². The van der Waals surface area contributed by atoms with Crippen molar-refractivity contribution in [3.63, 3.8) is 0 Å². The quantitative estimate of drug-likeness (QED) is 0.542. The van der Waals surface area contributed by atoms with E-state index in [2.05, 4.69) is 4.99 Å². The van der Waals surface area contributed by atoms with Gasteiger partial charge in [0.25, 0.3) is 0 Å². The third-order valence-electron chi connectivity index (χ3n) is 3.12. The van der Waals surface area contributed by atoms with Gasteiger partial charge in [0.05, 0.1) is 5.69 Å². The topological polar surface area (TPSA) is 52.8 Å². The van der Waals surface area contributed by atoms with Crippen LogP contribution in [0.3, 0.4) is 0 Å². The number of hydrogen-bond donors (Lipinski definition) is 2. The average Bonchev–Trinajstić information content (AvgIpc) is 2.48. The van der Waals surface area contributed by atoms with Crippen LogP contribution in [0.2, 0.25) is 0 Å². The Balaban J connectivity index is 2.05. The standard InChI is InChI=1S/C17H13NO2/c19-14-8-9-17(20)13(10-14)11-18-16-7-3-5-12-4-1-2-6-15(12)16/h1-11,19-20H. The van der Waals surface area contributed by atoms with Gasteiger partial charge in [-0.3, -0.25) is 4.99 Å². The van der Waals surface area contributed by atoms with E-state index < -0.39 is 0 Å². The van der Waals surface area contributed by atoms with Gasteiger partial charge in [-0.2, -0.15) is 0 Å². The van der Waals surface area contributed by atoms with E-state index >= 15 is 0 Å². The number of hydrogen-bond acceptors (Lipinski definition) is 3. The summed E-state index contributed by atoms with van der Waals surface area (Å²) in [6, 6.07) is 18.2. The van der Waals surface area contributed by atoms with Crippen molar-refractivity contribution in [2.24, 2.45) is 4.99 Å². The first-order valence-corrected chi connectivity index (χ1v) is 6.28. The lowest BCUT2D eigenvalue weighted by Gasteiger charge is -2.02. The van der Waals surface area contributed by atoms with Crippen LogP contribution in [0.4, 0.5) is 5.69 Å². The highest BCUT2D eigenvalue weighted by Crippen LogP contribution is 2.26. The molecule has 0 saturated heterocycles. The molecule has 3 aromatic carbocycles. The van der Waals surface area contributed by atoms with Gasteiger partial charge in [0, 0.05) is 17.2 Å². The molecule has 2 N–H and O–H groups in total. The van der Waals surface area contributed by atoms with Gasteiger partial charge in [-0.15, -0.1) is 0 Å². The number of phenols is 2. The van der Waals surface area contributed by atoms with E-state index in [1.807, 2.05) is 42.5 Å². The van der Waals surface area contributed by atoms with Gasteiger partial charge in [0.2, 0.25) is 0 Å². The Labute approximate surface area is 116 Å². The van der Waals surface area contributed by atoms with E-state index in [1.165, 1.54) is 18.2 Å². The molecule has 0 aliphatic carbocycles. The number of nitrogens with zero attached hydrogens (tertiary/aromatic N) is 1. The van der Waals surface area contributed by atoms with E-state index in [9.17, 15) is 10.2 Å². The van der Waals surface area contributed by atoms with Crippen molar-refractivity contribution in [1.82, 2.24) is 0 Å². The molecule has 0 aromatic heterocycles. The van der Waals surface area contributed by atoms with E-state index in [1.54, 1.807) is 6.21 Å². The van der Waals surface area contributed by atoms with Gasteiger partial charge in [0.1, 0.15) is 11.5 Å². The molecule has 3 rings (SSSR count). The van der Waals surface area contributed by atoms with Gasteiger partial charge in [0.15, 0.2) is 0 Å². The van der Waals surface area contributed by atoms with Gasteiger partial charge in [-0.25, -0.2) is 0 Å². The van der Waals surface area contributed by atoms with Crippen LogP contribution in [0, 0.1) is 0 Å². The summed E-state index contributed by atoms with van der Waals surface area (Å²) in [4.78, 5) is 4.41. The summed E-state index contributed by atoms with van der Waals surface area (Å²) < 4.78 is 0. The van der Waals surface area contributed by atoms with Crippen LogP contribution in [0.1, 0.15) is 5.56 Å². The highest BCUT2D eigenvalue weighted by molar-refractivity contribution is 5.95. The minimum absolute atomic E-state index is 0.0896. The molecule has 20 heavy (non-hydrogen) atoms. The number of aliphatic imine (C=N–C) groups is 1. The third kappa shape index (κ3) is 2.34. The lowest BCUT2D eigenvalue weighted by atomic mass is 10.1. The molecule has 0 atom stereocenters. The molecule has 0 bridgehead atoms. The maximum absolute atomic E-state index is 9.72. The molecule has 98 valence electrons. The Hall–Kier alpha value is -2.81. The Morgan fingerprint density at radius 3 is 2.55 bits per heavy atom. The molecular weight excluding hydrogens is 250 g/mol. The first-order chi connectivity index (χ1) is 9.74. The maximum Gasteiger partial charge on any atom is 0.124 e. The summed E-state index contributed by atoms with van der Waals surface area (Å²) in [5, 5.41) is 21.3. The smallest absolute Gasteiger partial charge is 0.124 e. The SMILES string of the molecule is Oc1ccc(O)c(C=Nc2cccc3ccccc23)c1. The second-order valence-corrected chi connectivity index (χ2v) is 4.50. The fourth-order valence-corrected chi connectivity index (χ4v) is 2.11. The second-order valence-electron chi connectivity index (χ2n) is 4.50. The molecule has 0 unspecified atom stereocenters. The normalized spacial score (nSPS) is 11.2. The molecule has 0 aliphatic heterocycles. The minimum atomic E-state index is 0.0896. The van der Waals surface area contributed by atoms with Crippen molar-refractivity contribution in [3.05, 3.63) is 66.2 Å². The molecule has 0 fully saturated rings. The molecule has 0 radical (unpaired) electrons. The van der Waals surface area contributed by atoms with Crippen LogP contribution >= 0.6 is 0 Å². The number of benzene rings is 3. The van der Waals surface area contributed by atoms with Crippen molar-refractivity contribution in [2.75, 3.05) is 0 Å². The lowest BCUT2D eigenvalue weighted by Crippen LogP contribution is -1.82. The lowest BCUT2D eigenvalue weighted by molar-refractivity contribution is 0.459. The minimum Gasteiger partial charge on any atom is -0.508 e. The fourth-order valence-electron chi connectivity index (χ4n) is 2.11. The summed E-state index contributed by atoms with van der Waals surface area (Å²) in [5.41, 5.74) is 1.31. The first kappa shape index (κ1) is 12.2. The molecule has 0 amide bonds. The zero-order valence-electron chi connectivity index (χ0n) is 10.7. The summed E-state index contributed by atoms with van der Waals surface area (Å²) in [6.45, 7) is 0. The first-order valence-electron chi connectivity index (χ1n) is 6.28. The summed E-state index contributed by atoms with van der Waals surface area (Å²) in [5.74, 6) is 0.189. The summed E-state index contributed by atoms with van der Waals surface area (Å²) in [7, 11) is 0. The van der Waals surface area contributed by atoms with Gasteiger partial charge in [-0.05, 0) is 29.7 Å². The van der Waals surface area contributed by atoms with Crippen LogP contribution in [-0.2, 0) is 0 Å². The van der Waals surface area contributed by atoms with Crippen molar-refractivity contribution in [3.8, 4) is 11.5 Å². The van der Waals surface area contributed by atoms with Crippen LogP contribution in [0.25, 0.3) is 10.8 Å². The monoisotopic (exact) mass is 263 g/mol. The molecule has 0 saturated carbocycles. The largest absolute Gasteiger partial charge is 0.508 e. The predicted octanol–water partition coefficient (Wildman–Crippen LogP) is 4.00. The molecule has 0 heterocycles. The highest BCUT2D eigenvalue weighted by atomic mass is 16.3. The van der Waals surface area contributed by atoms with Gasteiger partial charge < -0.3 is 10.2 Å². The number of phenolic OH excluding ortho intramolecular Hbond substituents is 2. The Kier molecular flexibility index (Phi) is 3.09. The maximum atomic E-state index is 9.72. The second kappa shape index (κ2) is 5.05. The molecule has 3 nitrogen and oxygen atoms in total. The zero-order valence-corrected chi connectivity index (χ0v) is 10.7. The van der Waals surface area contributed by atoms with E-state index in [4.69, 9.17) is 0 Å². The third-order valence-corrected chi connectivity index (χ3v) is 3.12. The number of aromatic hydroxyl groups is 2. The van der Waals surface area contributed by atoms with E-state index in [-0.39, 0.29) is 11.5 Å². The van der Waals surface area contributed by atoms with E-state index in [0.717, 1.165) is 16.5 Å². The van der Waals surface area contributed by atoms with E-state index in [0.29, 0.717) is 5.56 Å². The predicted molar refractivity (Wildman–Crippen MR) is 81.0 cm³/mol. The Bertz CT molecular complexity index is 789. The van der Waals surface area contributed by atoms with Crippen LogP contribution in [-0.4, -0.2) is 16.4 Å². The van der Waals surface area contributed by atoms with Crippen molar-refractivity contribution >= 4 is 22.7 Å². The fraction of sp³-hybridized carbons (Fsp3) is 0. The molecule has 0 spiro atoms. The number of rotatable bonds is 2. The zero-order chi connectivity index (χ0) is 13.9. The molecule has 3 aromatic rings. The van der Waals surface area contributed by atoms with Crippen molar-refractivity contribution < 1.29 is 10.2 Å². The molecule has 3 heteroatoms. The van der Waals surface area contributed by atoms with Crippen LogP contribution < -0.4 is 0 Å². The molecule has 0 aliphatic rings. The average molecular weight is 263 g/mol. The molecular formula is C17H13NO2. The highest BCUT2D eigenvalue weighted by Gasteiger charge is 2.01. The van der Waals surface area contributed by atoms with Crippen LogP contribution in [0.5, 0.6) is 11.5 Å². The van der Waals surface area contributed by atoms with Gasteiger partial charge in [-0.1, -0.05) is 36.4 Å². The van der Waals surface area contributed by atoms with Crippen molar-refractivity contribution in [2.45, 2.75) is 0 Å².